The van der Waals surface area contributed by atoms with Crippen molar-refractivity contribution in [2.45, 2.75) is 19.9 Å². The summed E-state index contributed by atoms with van der Waals surface area (Å²) in [6.45, 7) is 4.87. The van der Waals surface area contributed by atoms with Crippen molar-refractivity contribution in [1.82, 2.24) is 9.88 Å². The van der Waals surface area contributed by atoms with Gasteiger partial charge in [0.25, 0.3) is 0 Å². The van der Waals surface area contributed by atoms with Crippen LogP contribution in [0.25, 0.3) is 10.8 Å². The number of fused-ring (bicyclic) bond motifs is 1. The van der Waals surface area contributed by atoms with Gasteiger partial charge in [-0.05, 0) is 24.8 Å². The molecule has 7 heteroatoms. The van der Waals surface area contributed by atoms with Gasteiger partial charge < -0.3 is 14.3 Å². The van der Waals surface area contributed by atoms with Crippen molar-refractivity contribution in [3.8, 4) is 10.8 Å². The second-order valence-electron chi connectivity index (χ2n) is 6.65. The number of hydrogen-bond acceptors (Lipinski definition) is 6. The fourth-order valence-corrected chi connectivity index (χ4v) is 4.47. The van der Waals surface area contributed by atoms with Crippen molar-refractivity contribution >= 4 is 17.3 Å². The van der Waals surface area contributed by atoms with Gasteiger partial charge in [-0.25, -0.2) is 4.98 Å². The first kappa shape index (κ1) is 15.8. The number of rotatable bonds is 4. The Morgan fingerprint density at radius 3 is 3.17 bits per heavy atom. The molecule has 0 aliphatic carbocycles. The van der Waals surface area contributed by atoms with E-state index in [4.69, 9.17) is 9.15 Å². The van der Waals surface area contributed by atoms with Gasteiger partial charge in [0.15, 0.2) is 0 Å². The summed E-state index contributed by atoms with van der Waals surface area (Å²) < 4.78 is 11.3. The molecule has 2 aromatic heterocycles. The number of nitrogens with zero attached hydrogens (tertiary/aromatic N) is 2. The highest BCUT2D eigenvalue weighted by atomic mass is 32.1. The van der Waals surface area contributed by atoms with E-state index >= 15 is 0 Å². The molecular weight excluding hydrogens is 328 g/mol. The van der Waals surface area contributed by atoms with Gasteiger partial charge in [0, 0.05) is 32.2 Å². The van der Waals surface area contributed by atoms with Crippen LogP contribution in [0.5, 0.6) is 0 Å². The summed E-state index contributed by atoms with van der Waals surface area (Å²) in [5.74, 6) is 0.793. The predicted molar refractivity (Wildman–Crippen MR) is 88.8 cm³/mol. The first-order valence-corrected chi connectivity index (χ1v) is 9.00. The van der Waals surface area contributed by atoms with Gasteiger partial charge in [0.05, 0.1) is 22.6 Å². The van der Waals surface area contributed by atoms with E-state index in [1.54, 1.807) is 11.3 Å². The largest absolute Gasteiger partial charge is 0.481 e. The van der Waals surface area contributed by atoms with Crippen LogP contribution in [0, 0.1) is 18.3 Å². The maximum atomic E-state index is 11.9. The molecule has 2 fully saturated rings. The van der Waals surface area contributed by atoms with Crippen molar-refractivity contribution in [3.63, 3.8) is 0 Å². The lowest BCUT2D eigenvalue weighted by Crippen LogP contribution is -2.44. The van der Waals surface area contributed by atoms with Crippen molar-refractivity contribution in [3.05, 3.63) is 29.0 Å². The molecule has 2 saturated heterocycles. The Hall–Kier alpha value is -1.70. The molecule has 0 amide bonds. The Morgan fingerprint density at radius 2 is 2.46 bits per heavy atom. The van der Waals surface area contributed by atoms with Gasteiger partial charge in [-0.1, -0.05) is 6.07 Å². The molecule has 2 atom stereocenters. The standard InChI is InChI=1S/C17H20N2O4S/c1-11-13(18-15(23-11)14-3-2-6-24-14)8-19-7-12-9-22-5-4-17(12,10-19)16(20)21/h2-3,6,12H,4-5,7-10H2,1H3,(H,20,21)/t12-,17+/m1/s1. The second-order valence-corrected chi connectivity index (χ2v) is 7.60. The van der Waals surface area contributed by atoms with E-state index in [2.05, 4.69) is 9.88 Å². The zero-order valence-corrected chi connectivity index (χ0v) is 14.3. The zero-order valence-electron chi connectivity index (χ0n) is 13.5. The molecule has 4 heterocycles. The third-order valence-corrected chi connectivity index (χ3v) is 6.06. The first-order valence-electron chi connectivity index (χ1n) is 8.12. The molecular formula is C17H20N2O4S. The predicted octanol–water partition coefficient (Wildman–Crippen LogP) is 2.63. The Balaban J connectivity index is 1.53. The van der Waals surface area contributed by atoms with Crippen LogP contribution in [0.15, 0.2) is 21.9 Å². The minimum absolute atomic E-state index is 0.0488. The molecule has 24 heavy (non-hydrogen) atoms. The summed E-state index contributed by atoms with van der Waals surface area (Å²) in [5, 5.41) is 11.7. The molecule has 6 nitrogen and oxygen atoms in total. The number of carboxylic acid groups (broad SMARTS) is 1. The molecule has 2 aliphatic heterocycles. The van der Waals surface area contributed by atoms with Crippen LogP contribution in [0.3, 0.4) is 0 Å². The van der Waals surface area contributed by atoms with E-state index in [9.17, 15) is 9.90 Å². The maximum Gasteiger partial charge on any atom is 0.311 e. The second kappa shape index (κ2) is 5.98. The van der Waals surface area contributed by atoms with Crippen LogP contribution in [0.4, 0.5) is 0 Å². The molecule has 4 rings (SSSR count). The highest BCUT2D eigenvalue weighted by Crippen LogP contribution is 2.43. The number of likely N-dealkylation sites (tertiary alicyclic amines) is 1. The zero-order chi connectivity index (χ0) is 16.7. The van der Waals surface area contributed by atoms with Crippen LogP contribution in [0.1, 0.15) is 17.9 Å². The Bertz CT molecular complexity index is 742. The number of carbonyl (C=O) groups is 1. The average Bonchev–Trinajstić information content (AvgIpc) is 3.26. The van der Waals surface area contributed by atoms with Gasteiger partial charge >= 0.3 is 5.97 Å². The first-order chi connectivity index (χ1) is 11.6. The lowest BCUT2D eigenvalue weighted by Gasteiger charge is -2.34. The molecule has 0 aromatic carbocycles. The number of carboxylic acids is 1. The van der Waals surface area contributed by atoms with Crippen LogP contribution >= 0.6 is 11.3 Å². The quantitative estimate of drug-likeness (QED) is 0.915. The fraction of sp³-hybridized carbons (Fsp3) is 0.529. The topological polar surface area (TPSA) is 75.8 Å². The van der Waals surface area contributed by atoms with E-state index < -0.39 is 11.4 Å². The minimum atomic E-state index is -0.700. The summed E-state index contributed by atoms with van der Waals surface area (Å²) in [6.07, 6.45) is 0.585. The van der Waals surface area contributed by atoms with Crippen LogP contribution in [0.2, 0.25) is 0 Å². The molecule has 0 radical (unpaired) electrons. The van der Waals surface area contributed by atoms with Gasteiger partial charge in [-0.3, -0.25) is 9.69 Å². The van der Waals surface area contributed by atoms with Gasteiger partial charge in [0.1, 0.15) is 5.76 Å². The molecule has 1 N–H and O–H groups in total. The van der Waals surface area contributed by atoms with E-state index in [-0.39, 0.29) is 5.92 Å². The fourth-order valence-electron chi connectivity index (χ4n) is 3.82. The molecule has 0 unspecified atom stereocenters. The Kier molecular flexibility index (Phi) is 3.94. The number of hydrogen-bond donors (Lipinski definition) is 1. The van der Waals surface area contributed by atoms with Crippen molar-refractivity contribution in [2.75, 3.05) is 26.3 Å². The lowest BCUT2D eigenvalue weighted by molar-refractivity contribution is -0.157. The number of ether oxygens (including phenoxy) is 1. The van der Waals surface area contributed by atoms with Crippen molar-refractivity contribution in [1.29, 1.82) is 0 Å². The molecule has 2 aliphatic rings. The van der Waals surface area contributed by atoms with Crippen molar-refractivity contribution < 1.29 is 19.1 Å². The molecule has 2 aromatic rings. The molecule has 0 saturated carbocycles. The van der Waals surface area contributed by atoms with Gasteiger partial charge in [-0.15, -0.1) is 11.3 Å². The maximum absolute atomic E-state index is 11.9. The number of aryl methyl sites for hydroxylation is 1. The lowest BCUT2D eigenvalue weighted by atomic mass is 9.74. The summed E-state index contributed by atoms with van der Waals surface area (Å²) >= 11 is 1.60. The minimum Gasteiger partial charge on any atom is -0.481 e. The van der Waals surface area contributed by atoms with Crippen molar-refractivity contribution in [2.24, 2.45) is 11.3 Å². The van der Waals surface area contributed by atoms with E-state index in [0.717, 1.165) is 22.9 Å². The number of aromatic nitrogens is 1. The third kappa shape index (κ3) is 2.56. The summed E-state index contributed by atoms with van der Waals surface area (Å²) in [5.41, 5.74) is 0.213. The SMILES string of the molecule is Cc1oc(-c2cccs2)nc1CN1C[C@@H]2COCC[C@]2(C(=O)O)C1. The van der Waals surface area contributed by atoms with Crippen LogP contribution < -0.4 is 0 Å². The Morgan fingerprint density at radius 1 is 1.58 bits per heavy atom. The number of oxazole rings is 1. The molecule has 0 spiro atoms. The number of aliphatic carboxylic acids is 1. The van der Waals surface area contributed by atoms with Crippen LogP contribution in [-0.2, 0) is 16.1 Å². The molecule has 128 valence electrons. The van der Waals surface area contributed by atoms with E-state index in [0.29, 0.717) is 38.6 Å². The van der Waals surface area contributed by atoms with E-state index in [1.807, 2.05) is 24.4 Å². The average molecular weight is 348 g/mol. The van der Waals surface area contributed by atoms with Crippen LogP contribution in [-0.4, -0.2) is 47.3 Å². The molecule has 0 bridgehead atoms. The number of thiophene rings is 1. The highest BCUT2D eigenvalue weighted by Gasteiger charge is 2.53. The Labute approximate surface area is 144 Å². The smallest absolute Gasteiger partial charge is 0.311 e. The summed E-state index contributed by atoms with van der Waals surface area (Å²) in [6, 6.07) is 3.96. The normalized spacial score (nSPS) is 27.3. The van der Waals surface area contributed by atoms with E-state index in [1.165, 1.54) is 0 Å². The van der Waals surface area contributed by atoms with Gasteiger partial charge in [-0.2, -0.15) is 0 Å². The monoisotopic (exact) mass is 348 g/mol. The summed E-state index contributed by atoms with van der Waals surface area (Å²) in [4.78, 5) is 19.7. The summed E-state index contributed by atoms with van der Waals surface area (Å²) in [7, 11) is 0. The van der Waals surface area contributed by atoms with Gasteiger partial charge in [0.2, 0.25) is 5.89 Å². The third-order valence-electron chi connectivity index (χ3n) is 5.20. The highest BCUT2D eigenvalue weighted by molar-refractivity contribution is 7.13.